The molecule has 6 nitrogen and oxygen atoms in total. The lowest BCUT2D eigenvalue weighted by Crippen LogP contribution is -2.45. The average molecular weight is 364 g/mol. The second-order valence-corrected chi connectivity index (χ2v) is 7.38. The highest BCUT2D eigenvalue weighted by Crippen LogP contribution is 2.28. The SMILES string of the molecule is CC(C)COCCCNC(=O)Nc1ccccc1N1CC(C)OC(C)C1. The fraction of sp³-hybridized carbons (Fsp3) is 0.650. The summed E-state index contributed by atoms with van der Waals surface area (Å²) in [5.74, 6) is 0.536. The molecular formula is C20H33N3O3. The summed E-state index contributed by atoms with van der Waals surface area (Å²) in [7, 11) is 0. The molecule has 6 heteroatoms. The summed E-state index contributed by atoms with van der Waals surface area (Å²) in [5, 5.41) is 5.87. The zero-order chi connectivity index (χ0) is 18.9. The van der Waals surface area contributed by atoms with Gasteiger partial charge in [-0.1, -0.05) is 26.0 Å². The van der Waals surface area contributed by atoms with Gasteiger partial charge in [-0.25, -0.2) is 4.79 Å². The quantitative estimate of drug-likeness (QED) is 0.694. The number of anilines is 2. The van der Waals surface area contributed by atoms with Gasteiger partial charge in [0.1, 0.15) is 0 Å². The van der Waals surface area contributed by atoms with Crippen LogP contribution in [0.2, 0.25) is 0 Å². The van der Waals surface area contributed by atoms with Crippen LogP contribution in [0.1, 0.15) is 34.1 Å². The minimum absolute atomic E-state index is 0.173. The molecule has 26 heavy (non-hydrogen) atoms. The fourth-order valence-corrected chi connectivity index (χ4v) is 3.09. The van der Waals surface area contributed by atoms with Gasteiger partial charge in [0, 0.05) is 32.8 Å². The van der Waals surface area contributed by atoms with Crippen LogP contribution >= 0.6 is 0 Å². The van der Waals surface area contributed by atoms with Gasteiger partial charge in [-0.15, -0.1) is 0 Å². The Morgan fingerprint density at radius 3 is 2.65 bits per heavy atom. The smallest absolute Gasteiger partial charge is 0.319 e. The van der Waals surface area contributed by atoms with Crippen LogP contribution in [0.5, 0.6) is 0 Å². The summed E-state index contributed by atoms with van der Waals surface area (Å²) >= 11 is 0. The second kappa shape index (κ2) is 10.4. The standard InChI is InChI=1S/C20H33N3O3/c1-15(2)14-25-11-7-10-21-20(24)22-18-8-5-6-9-19(18)23-12-16(3)26-17(4)13-23/h5-6,8-9,15-17H,7,10-14H2,1-4H3,(H2,21,22,24). The van der Waals surface area contributed by atoms with E-state index < -0.39 is 0 Å². The van der Waals surface area contributed by atoms with Crippen molar-refractivity contribution < 1.29 is 14.3 Å². The van der Waals surface area contributed by atoms with Crippen molar-refractivity contribution in [1.82, 2.24) is 5.32 Å². The molecule has 0 bridgehead atoms. The van der Waals surface area contributed by atoms with Gasteiger partial charge in [-0.05, 0) is 38.3 Å². The first-order valence-corrected chi connectivity index (χ1v) is 9.57. The van der Waals surface area contributed by atoms with Crippen LogP contribution in [0.25, 0.3) is 0 Å². The maximum Gasteiger partial charge on any atom is 0.319 e. The minimum atomic E-state index is -0.185. The Labute approximate surface area is 157 Å². The Kier molecular flexibility index (Phi) is 8.19. The monoisotopic (exact) mass is 363 g/mol. The van der Waals surface area contributed by atoms with Gasteiger partial charge in [0.15, 0.2) is 0 Å². The van der Waals surface area contributed by atoms with Crippen molar-refractivity contribution in [3.8, 4) is 0 Å². The van der Waals surface area contributed by atoms with E-state index >= 15 is 0 Å². The van der Waals surface area contributed by atoms with Crippen LogP contribution in [-0.2, 0) is 9.47 Å². The number of amides is 2. The average Bonchev–Trinajstić information content (AvgIpc) is 2.57. The predicted molar refractivity (Wildman–Crippen MR) is 106 cm³/mol. The first-order valence-electron chi connectivity index (χ1n) is 9.57. The van der Waals surface area contributed by atoms with E-state index in [1.165, 1.54) is 0 Å². The number of nitrogens with one attached hydrogen (secondary N) is 2. The first kappa shape index (κ1) is 20.5. The van der Waals surface area contributed by atoms with Crippen molar-refractivity contribution in [2.45, 2.75) is 46.3 Å². The summed E-state index contributed by atoms with van der Waals surface area (Å²) in [5.41, 5.74) is 1.85. The number of carbonyl (C=O) groups is 1. The van der Waals surface area contributed by atoms with Crippen LogP contribution in [0.15, 0.2) is 24.3 Å². The van der Waals surface area contributed by atoms with Crippen molar-refractivity contribution in [3.05, 3.63) is 24.3 Å². The zero-order valence-corrected chi connectivity index (χ0v) is 16.5. The van der Waals surface area contributed by atoms with E-state index in [1.54, 1.807) is 0 Å². The third-order valence-electron chi connectivity index (χ3n) is 4.11. The molecule has 1 aliphatic heterocycles. The Bertz CT molecular complexity index is 555. The van der Waals surface area contributed by atoms with Gasteiger partial charge in [0.05, 0.1) is 23.6 Å². The molecule has 2 atom stereocenters. The van der Waals surface area contributed by atoms with E-state index in [1.807, 2.05) is 24.3 Å². The van der Waals surface area contributed by atoms with Gasteiger partial charge in [0.25, 0.3) is 0 Å². The van der Waals surface area contributed by atoms with Crippen LogP contribution in [0.3, 0.4) is 0 Å². The molecule has 146 valence electrons. The minimum Gasteiger partial charge on any atom is -0.381 e. The summed E-state index contributed by atoms with van der Waals surface area (Å²) in [6.45, 7) is 12.1. The maximum absolute atomic E-state index is 12.2. The van der Waals surface area contributed by atoms with Gasteiger partial charge < -0.3 is 25.0 Å². The van der Waals surface area contributed by atoms with Gasteiger partial charge in [-0.3, -0.25) is 0 Å². The van der Waals surface area contributed by atoms with Gasteiger partial charge in [-0.2, -0.15) is 0 Å². The molecule has 1 aliphatic rings. The highest BCUT2D eigenvalue weighted by atomic mass is 16.5. The molecule has 1 heterocycles. The number of nitrogens with zero attached hydrogens (tertiary/aromatic N) is 1. The largest absolute Gasteiger partial charge is 0.381 e. The van der Waals surface area contributed by atoms with E-state index in [2.05, 4.69) is 43.2 Å². The fourth-order valence-electron chi connectivity index (χ4n) is 3.09. The van der Waals surface area contributed by atoms with Gasteiger partial charge in [0.2, 0.25) is 0 Å². The molecule has 0 aliphatic carbocycles. The molecule has 2 N–H and O–H groups in total. The van der Waals surface area contributed by atoms with Crippen LogP contribution < -0.4 is 15.5 Å². The number of hydrogen-bond donors (Lipinski definition) is 2. The molecule has 2 unspecified atom stereocenters. The number of rotatable bonds is 8. The summed E-state index contributed by atoms with van der Waals surface area (Å²) in [4.78, 5) is 14.5. The third-order valence-corrected chi connectivity index (χ3v) is 4.11. The number of urea groups is 1. The molecule has 1 saturated heterocycles. The van der Waals surface area contributed by atoms with E-state index in [4.69, 9.17) is 9.47 Å². The lowest BCUT2D eigenvalue weighted by molar-refractivity contribution is -0.00517. The second-order valence-electron chi connectivity index (χ2n) is 7.38. The topological polar surface area (TPSA) is 62.8 Å². The number of benzene rings is 1. The van der Waals surface area contributed by atoms with E-state index in [9.17, 15) is 4.79 Å². The number of ether oxygens (including phenoxy) is 2. The van der Waals surface area contributed by atoms with Crippen molar-refractivity contribution in [3.63, 3.8) is 0 Å². The Balaban J connectivity index is 1.82. The lowest BCUT2D eigenvalue weighted by Gasteiger charge is -2.37. The van der Waals surface area contributed by atoms with Crippen molar-refractivity contribution >= 4 is 17.4 Å². The molecule has 2 rings (SSSR count). The van der Waals surface area contributed by atoms with E-state index in [0.717, 1.165) is 37.5 Å². The maximum atomic E-state index is 12.2. The normalized spacial score (nSPS) is 20.3. The molecule has 0 saturated carbocycles. The van der Waals surface area contributed by atoms with E-state index in [0.29, 0.717) is 19.1 Å². The third kappa shape index (κ3) is 6.84. The van der Waals surface area contributed by atoms with Crippen molar-refractivity contribution in [1.29, 1.82) is 0 Å². The molecule has 1 aromatic carbocycles. The molecule has 0 aromatic heterocycles. The van der Waals surface area contributed by atoms with Crippen molar-refractivity contribution in [2.75, 3.05) is 43.1 Å². The molecular weight excluding hydrogens is 330 g/mol. The Morgan fingerprint density at radius 2 is 1.96 bits per heavy atom. The van der Waals surface area contributed by atoms with Crippen LogP contribution in [-0.4, -0.2) is 51.1 Å². The predicted octanol–water partition coefficient (Wildman–Crippen LogP) is 3.48. The lowest BCUT2D eigenvalue weighted by atomic mass is 10.1. The van der Waals surface area contributed by atoms with Crippen molar-refractivity contribution in [2.24, 2.45) is 5.92 Å². The summed E-state index contributed by atoms with van der Waals surface area (Å²) in [6, 6.07) is 7.73. The van der Waals surface area contributed by atoms with Crippen LogP contribution in [0, 0.1) is 5.92 Å². The Morgan fingerprint density at radius 1 is 1.27 bits per heavy atom. The zero-order valence-electron chi connectivity index (χ0n) is 16.5. The molecule has 0 radical (unpaired) electrons. The molecule has 1 aromatic rings. The van der Waals surface area contributed by atoms with E-state index in [-0.39, 0.29) is 18.2 Å². The van der Waals surface area contributed by atoms with Gasteiger partial charge >= 0.3 is 6.03 Å². The molecule has 2 amide bonds. The van der Waals surface area contributed by atoms with Crippen LogP contribution in [0.4, 0.5) is 16.2 Å². The Hall–Kier alpha value is -1.79. The number of hydrogen-bond acceptors (Lipinski definition) is 4. The summed E-state index contributed by atoms with van der Waals surface area (Å²) < 4.78 is 11.3. The first-order chi connectivity index (χ1) is 12.5. The summed E-state index contributed by atoms with van der Waals surface area (Å²) in [6.07, 6.45) is 1.15. The molecule has 0 spiro atoms. The highest BCUT2D eigenvalue weighted by Gasteiger charge is 2.24. The number of morpholine rings is 1. The molecule has 1 fully saturated rings. The highest BCUT2D eigenvalue weighted by molar-refractivity contribution is 5.93. The number of carbonyl (C=O) groups excluding carboxylic acids is 1. The number of para-hydroxylation sites is 2.